The predicted octanol–water partition coefficient (Wildman–Crippen LogP) is 2.88. The van der Waals surface area contributed by atoms with Crippen LogP contribution in [0.3, 0.4) is 0 Å². The topological polar surface area (TPSA) is 64.6 Å². The molecule has 0 saturated heterocycles. The number of hydrogen-bond donors (Lipinski definition) is 1. The van der Waals surface area contributed by atoms with E-state index < -0.39 is 5.60 Å². The molecule has 0 aromatic rings. The molecule has 1 rings (SSSR count). The summed E-state index contributed by atoms with van der Waals surface area (Å²) in [6, 6.07) is 0. The van der Waals surface area contributed by atoms with E-state index >= 15 is 0 Å². The summed E-state index contributed by atoms with van der Waals surface area (Å²) in [4.78, 5) is 22.8. The highest BCUT2D eigenvalue weighted by Crippen LogP contribution is 2.30. The number of ether oxygens (including phenoxy) is 2. The first-order valence-electron chi connectivity index (χ1n) is 7.34. The molecule has 0 aromatic carbocycles. The Bertz CT molecular complexity index is 327. The third-order valence-electron chi connectivity index (χ3n) is 3.58. The van der Waals surface area contributed by atoms with Crippen molar-refractivity contribution in [2.24, 2.45) is 11.8 Å². The molecule has 1 saturated carbocycles. The molecule has 1 N–H and O–H groups in total. The van der Waals surface area contributed by atoms with E-state index in [-0.39, 0.29) is 12.1 Å². The van der Waals surface area contributed by atoms with Crippen molar-refractivity contribution >= 4 is 12.1 Å². The number of carbonyl (C=O) groups excluding carboxylic acids is 2. The summed E-state index contributed by atoms with van der Waals surface area (Å²) in [6.45, 7) is 6.21. The van der Waals surface area contributed by atoms with E-state index in [1.54, 1.807) is 0 Å². The molecule has 1 aliphatic carbocycles. The normalized spacial score (nSPS) is 23.0. The third kappa shape index (κ3) is 6.78. The minimum Gasteiger partial charge on any atom is -0.469 e. The second-order valence-electron chi connectivity index (χ2n) is 6.55. The van der Waals surface area contributed by atoms with Gasteiger partial charge in [0.25, 0.3) is 0 Å². The maximum atomic E-state index is 11.6. The van der Waals surface area contributed by atoms with Crippen LogP contribution in [0, 0.1) is 11.8 Å². The summed E-state index contributed by atoms with van der Waals surface area (Å²) in [5.74, 6) is 0.789. The van der Waals surface area contributed by atoms with Gasteiger partial charge in [-0.3, -0.25) is 4.79 Å². The van der Waals surface area contributed by atoms with E-state index in [9.17, 15) is 9.59 Å². The van der Waals surface area contributed by atoms with Gasteiger partial charge in [0.15, 0.2) is 0 Å². The summed E-state index contributed by atoms with van der Waals surface area (Å²) < 4.78 is 9.90. The summed E-state index contributed by atoms with van der Waals surface area (Å²) in [5, 5.41) is 2.82. The molecule has 0 aliphatic heterocycles. The van der Waals surface area contributed by atoms with Crippen molar-refractivity contribution in [2.45, 2.75) is 58.5 Å². The van der Waals surface area contributed by atoms with Gasteiger partial charge in [-0.1, -0.05) is 0 Å². The van der Waals surface area contributed by atoms with E-state index in [2.05, 4.69) is 5.32 Å². The molecule has 0 heterocycles. The fourth-order valence-electron chi connectivity index (χ4n) is 2.50. The molecule has 1 aliphatic rings. The lowest BCUT2D eigenvalue weighted by Gasteiger charge is -2.28. The minimum atomic E-state index is -0.456. The number of nitrogens with one attached hydrogen (secondary N) is 1. The highest BCUT2D eigenvalue weighted by Gasteiger charge is 2.24. The highest BCUT2D eigenvalue weighted by atomic mass is 16.6. The van der Waals surface area contributed by atoms with Crippen molar-refractivity contribution < 1.29 is 19.1 Å². The average molecular weight is 285 g/mol. The Morgan fingerprint density at radius 2 is 1.65 bits per heavy atom. The van der Waals surface area contributed by atoms with Crippen LogP contribution in [-0.4, -0.2) is 31.3 Å². The molecule has 0 unspecified atom stereocenters. The maximum absolute atomic E-state index is 11.6. The first-order valence-corrected chi connectivity index (χ1v) is 7.34. The van der Waals surface area contributed by atoms with E-state index in [4.69, 9.17) is 9.47 Å². The lowest BCUT2D eigenvalue weighted by Crippen LogP contribution is -2.36. The number of carbonyl (C=O) groups is 2. The van der Waals surface area contributed by atoms with Crippen molar-refractivity contribution in [1.82, 2.24) is 5.32 Å². The van der Waals surface area contributed by atoms with E-state index in [0.717, 1.165) is 25.7 Å². The van der Waals surface area contributed by atoms with E-state index in [0.29, 0.717) is 24.8 Å². The van der Waals surface area contributed by atoms with Crippen molar-refractivity contribution in [3.8, 4) is 0 Å². The van der Waals surface area contributed by atoms with Gasteiger partial charge in [0, 0.05) is 13.0 Å². The standard InChI is InChI=1S/C15H27NO4/c1-15(2,3)20-14(18)16-10-12-7-5-11(6-8-12)9-13(17)19-4/h11-12H,5-10H2,1-4H3,(H,16,18)/t11-,12+. The SMILES string of the molecule is COC(=O)C[C@H]1CC[C@@H](CNC(=O)OC(C)(C)C)CC1. The second kappa shape index (κ2) is 7.50. The number of esters is 1. The summed E-state index contributed by atoms with van der Waals surface area (Å²) in [7, 11) is 1.43. The monoisotopic (exact) mass is 285 g/mol. The fraction of sp³-hybridized carbons (Fsp3) is 0.867. The number of methoxy groups -OCH3 is 1. The van der Waals surface area contributed by atoms with E-state index in [1.165, 1.54) is 7.11 Å². The lowest BCUT2D eigenvalue weighted by molar-refractivity contribution is -0.142. The number of alkyl carbamates (subject to hydrolysis) is 1. The molecule has 20 heavy (non-hydrogen) atoms. The minimum absolute atomic E-state index is 0.125. The Morgan fingerprint density at radius 1 is 1.10 bits per heavy atom. The highest BCUT2D eigenvalue weighted by molar-refractivity contribution is 5.69. The number of amides is 1. The van der Waals surface area contributed by atoms with Gasteiger partial charge in [0.2, 0.25) is 0 Å². The van der Waals surface area contributed by atoms with Gasteiger partial charge in [0.1, 0.15) is 5.60 Å². The molecule has 0 spiro atoms. The Morgan fingerprint density at radius 3 is 2.15 bits per heavy atom. The fourth-order valence-corrected chi connectivity index (χ4v) is 2.50. The summed E-state index contributed by atoms with van der Waals surface area (Å²) in [5.41, 5.74) is -0.456. The quantitative estimate of drug-likeness (QED) is 0.807. The van der Waals surface area contributed by atoms with Crippen LogP contribution in [0.2, 0.25) is 0 Å². The van der Waals surface area contributed by atoms with Gasteiger partial charge in [-0.2, -0.15) is 0 Å². The van der Waals surface area contributed by atoms with Crippen LogP contribution in [0.5, 0.6) is 0 Å². The molecule has 1 fully saturated rings. The van der Waals surface area contributed by atoms with Crippen molar-refractivity contribution in [3.05, 3.63) is 0 Å². The van der Waals surface area contributed by atoms with Gasteiger partial charge < -0.3 is 14.8 Å². The Labute approximate surface area is 121 Å². The first kappa shape index (κ1) is 16.8. The van der Waals surface area contributed by atoms with Gasteiger partial charge in [-0.15, -0.1) is 0 Å². The summed E-state index contributed by atoms with van der Waals surface area (Å²) in [6.07, 6.45) is 4.29. The Balaban J connectivity index is 2.19. The molecule has 0 aromatic heterocycles. The lowest BCUT2D eigenvalue weighted by atomic mass is 9.80. The van der Waals surface area contributed by atoms with Crippen LogP contribution < -0.4 is 5.32 Å². The number of hydrogen-bond acceptors (Lipinski definition) is 4. The number of rotatable bonds is 4. The molecular weight excluding hydrogens is 258 g/mol. The maximum Gasteiger partial charge on any atom is 0.407 e. The molecular formula is C15H27NO4. The van der Waals surface area contributed by atoms with Crippen LogP contribution in [0.1, 0.15) is 52.9 Å². The van der Waals surface area contributed by atoms with Crippen molar-refractivity contribution in [3.63, 3.8) is 0 Å². The Kier molecular flexibility index (Phi) is 6.30. The van der Waals surface area contributed by atoms with Crippen LogP contribution in [-0.2, 0) is 14.3 Å². The molecule has 116 valence electrons. The molecule has 5 nitrogen and oxygen atoms in total. The zero-order chi connectivity index (χ0) is 15.2. The summed E-state index contributed by atoms with van der Waals surface area (Å²) >= 11 is 0. The van der Waals surface area contributed by atoms with Crippen LogP contribution in [0.25, 0.3) is 0 Å². The Hall–Kier alpha value is -1.26. The third-order valence-corrected chi connectivity index (χ3v) is 3.58. The molecule has 0 atom stereocenters. The predicted molar refractivity (Wildman–Crippen MR) is 76.3 cm³/mol. The van der Waals surface area contributed by atoms with Gasteiger partial charge >= 0.3 is 12.1 Å². The molecule has 1 amide bonds. The first-order chi connectivity index (χ1) is 9.30. The smallest absolute Gasteiger partial charge is 0.407 e. The van der Waals surface area contributed by atoms with Gasteiger partial charge in [-0.25, -0.2) is 4.79 Å². The van der Waals surface area contributed by atoms with Crippen LogP contribution >= 0.6 is 0 Å². The van der Waals surface area contributed by atoms with Gasteiger partial charge in [0.05, 0.1) is 7.11 Å². The average Bonchev–Trinajstić information content (AvgIpc) is 2.36. The van der Waals surface area contributed by atoms with Crippen LogP contribution in [0.15, 0.2) is 0 Å². The van der Waals surface area contributed by atoms with Crippen LogP contribution in [0.4, 0.5) is 4.79 Å². The van der Waals surface area contributed by atoms with Crippen molar-refractivity contribution in [2.75, 3.05) is 13.7 Å². The zero-order valence-electron chi connectivity index (χ0n) is 13.0. The molecule has 0 bridgehead atoms. The van der Waals surface area contributed by atoms with Crippen molar-refractivity contribution in [1.29, 1.82) is 0 Å². The zero-order valence-corrected chi connectivity index (χ0v) is 13.0. The van der Waals surface area contributed by atoms with Gasteiger partial charge in [-0.05, 0) is 58.3 Å². The molecule has 5 heteroatoms. The molecule has 0 radical (unpaired) electrons. The largest absolute Gasteiger partial charge is 0.469 e. The van der Waals surface area contributed by atoms with E-state index in [1.807, 2.05) is 20.8 Å². The second-order valence-corrected chi connectivity index (χ2v) is 6.55.